The molecule has 0 spiro atoms. The minimum absolute atomic E-state index is 0.0408. The average molecular weight is 359 g/mol. The van der Waals surface area contributed by atoms with Gasteiger partial charge in [0.15, 0.2) is 9.84 Å². The second kappa shape index (κ2) is 7.27. The Balaban J connectivity index is 1.67. The molecular weight excluding hydrogens is 338 g/mol. The van der Waals surface area contributed by atoms with Crippen LogP contribution in [0.4, 0.5) is 0 Å². The highest BCUT2D eigenvalue weighted by atomic mass is 32.2. The highest BCUT2D eigenvalue weighted by molar-refractivity contribution is 7.92. The number of likely N-dealkylation sites (tertiary alicyclic amines) is 1. The number of benzene rings is 2. The number of nitrogens with zero attached hydrogens (tertiary/aromatic N) is 1. The summed E-state index contributed by atoms with van der Waals surface area (Å²) < 4.78 is 30.6. The summed E-state index contributed by atoms with van der Waals surface area (Å²) in [7, 11) is -1.85. The Labute approximate surface area is 148 Å². The largest absolute Gasteiger partial charge is 0.497 e. The van der Waals surface area contributed by atoms with E-state index in [4.69, 9.17) is 4.74 Å². The Morgan fingerprint density at radius 2 is 1.60 bits per heavy atom. The van der Waals surface area contributed by atoms with Crippen LogP contribution in [0.25, 0.3) is 0 Å². The summed E-state index contributed by atoms with van der Waals surface area (Å²) in [6, 6.07) is 15.5. The molecule has 0 bridgehead atoms. The first kappa shape index (κ1) is 17.5. The summed E-state index contributed by atoms with van der Waals surface area (Å²) in [5.41, 5.74) is 0.638. The van der Waals surface area contributed by atoms with Crippen molar-refractivity contribution in [3.8, 4) is 5.75 Å². The van der Waals surface area contributed by atoms with Gasteiger partial charge in [0, 0.05) is 18.7 Å². The molecule has 1 aliphatic heterocycles. The number of carbonyl (C=O) groups excluding carboxylic acids is 1. The van der Waals surface area contributed by atoms with Crippen LogP contribution in [-0.4, -0.2) is 44.7 Å². The first-order chi connectivity index (χ1) is 12.0. The van der Waals surface area contributed by atoms with E-state index in [2.05, 4.69) is 0 Å². The van der Waals surface area contributed by atoms with Crippen molar-refractivity contribution in [2.24, 2.45) is 0 Å². The van der Waals surface area contributed by atoms with Crippen LogP contribution in [0, 0.1) is 0 Å². The predicted molar refractivity (Wildman–Crippen MR) is 95.5 cm³/mol. The van der Waals surface area contributed by atoms with Gasteiger partial charge in [-0.15, -0.1) is 0 Å². The van der Waals surface area contributed by atoms with Gasteiger partial charge in [0.25, 0.3) is 5.91 Å². The SMILES string of the molecule is COc1ccc(S(=O)(=O)C2CCN(C(=O)c3ccccc3)CC2)cc1. The topological polar surface area (TPSA) is 63.7 Å². The smallest absolute Gasteiger partial charge is 0.253 e. The van der Waals surface area contributed by atoms with Crippen molar-refractivity contribution in [3.05, 3.63) is 60.2 Å². The van der Waals surface area contributed by atoms with E-state index < -0.39 is 15.1 Å². The van der Waals surface area contributed by atoms with Gasteiger partial charge >= 0.3 is 0 Å². The lowest BCUT2D eigenvalue weighted by molar-refractivity contribution is 0.0725. The minimum atomic E-state index is -3.39. The van der Waals surface area contributed by atoms with Crippen LogP contribution in [-0.2, 0) is 9.84 Å². The van der Waals surface area contributed by atoms with Crippen LogP contribution >= 0.6 is 0 Å². The molecule has 1 heterocycles. The summed E-state index contributed by atoms with van der Waals surface area (Å²) >= 11 is 0. The molecule has 1 fully saturated rings. The number of sulfone groups is 1. The average Bonchev–Trinajstić information content (AvgIpc) is 2.68. The van der Waals surface area contributed by atoms with Crippen molar-refractivity contribution in [2.75, 3.05) is 20.2 Å². The van der Waals surface area contributed by atoms with Gasteiger partial charge in [0.1, 0.15) is 5.75 Å². The van der Waals surface area contributed by atoms with Crippen LogP contribution in [0.3, 0.4) is 0 Å². The maximum absolute atomic E-state index is 12.8. The lowest BCUT2D eigenvalue weighted by Gasteiger charge is -2.31. The van der Waals surface area contributed by atoms with Crippen molar-refractivity contribution in [1.29, 1.82) is 0 Å². The summed E-state index contributed by atoms with van der Waals surface area (Å²) in [4.78, 5) is 14.5. The number of methoxy groups -OCH3 is 1. The van der Waals surface area contributed by atoms with E-state index in [0.29, 0.717) is 42.1 Å². The lowest BCUT2D eigenvalue weighted by Crippen LogP contribution is -2.42. The summed E-state index contributed by atoms with van der Waals surface area (Å²) in [5, 5.41) is -0.458. The minimum Gasteiger partial charge on any atom is -0.497 e. The van der Waals surface area contributed by atoms with E-state index in [0.717, 1.165) is 0 Å². The maximum atomic E-state index is 12.8. The molecule has 0 N–H and O–H groups in total. The second-order valence-corrected chi connectivity index (χ2v) is 8.31. The normalized spacial score (nSPS) is 15.8. The number of amides is 1. The number of hydrogen-bond acceptors (Lipinski definition) is 4. The van der Waals surface area contributed by atoms with E-state index in [9.17, 15) is 13.2 Å². The third kappa shape index (κ3) is 3.69. The van der Waals surface area contributed by atoms with Crippen molar-refractivity contribution in [2.45, 2.75) is 23.0 Å². The second-order valence-electron chi connectivity index (χ2n) is 6.08. The molecule has 5 nitrogen and oxygen atoms in total. The third-order valence-electron chi connectivity index (χ3n) is 4.58. The molecular formula is C19H21NO4S. The molecule has 0 unspecified atom stereocenters. The monoisotopic (exact) mass is 359 g/mol. The number of rotatable bonds is 4. The molecule has 1 aliphatic rings. The van der Waals surface area contributed by atoms with Crippen molar-refractivity contribution >= 4 is 15.7 Å². The molecule has 0 radical (unpaired) electrons. The van der Waals surface area contributed by atoms with Gasteiger partial charge in [0.05, 0.1) is 17.3 Å². The van der Waals surface area contributed by atoms with E-state index >= 15 is 0 Å². The van der Waals surface area contributed by atoms with Gasteiger partial charge in [-0.1, -0.05) is 18.2 Å². The molecule has 132 valence electrons. The van der Waals surface area contributed by atoms with Crippen LogP contribution < -0.4 is 4.74 Å². The zero-order valence-corrected chi connectivity index (χ0v) is 14.9. The van der Waals surface area contributed by atoms with Gasteiger partial charge in [-0.25, -0.2) is 8.42 Å². The van der Waals surface area contributed by atoms with Crippen molar-refractivity contribution in [3.63, 3.8) is 0 Å². The number of hydrogen-bond donors (Lipinski definition) is 0. The van der Waals surface area contributed by atoms with E-state index in [1.54, 1.807) is 48.4 Å². The summed E-state index contributed by atoms with van der Waals surface area (Å²) in [6.45, 7) is 0.904. The Morgan fingerprint density at radius 3 is 2.16 bits per heavy atom. The van der Waals surface area contributed by atoms with E-state index in [1.165, 1.54) is 0 Å². The molecule has 25 heavy (non-hydrogen) atoms. The first-order valence-electron chi connectivity index (χ1n) is 8.24. The van der Waals surface area contributed by atoms with Gasteiger partial charge in [-0.3, -0.25) is 4.79 Å². The quantitative estimate of drug-likeness (QED) is 0.842. The van der Waals surface area contributed by atoms with E-state index in [-0.39, 0.29) is 5.91 Å². The fourth-order valence-electron chi connectivity index (χ4n) is 3.09. The Bertz CT molecular complexity index is 823. The molecule has 1 amide bonds. The van der Waals surface area contributed by atoms with Crippen molar-refractivity contribution in [1.82, 2.24) is 4.90 Å². The standard InChI is InChI=1S/C19H21NO4S/c1-24-16-7-9-17(10-8-16)25(22,23)18-11-13-20(14-12-18)19(21)15-5-3-2-4-6-15/h2-10,18H,11-14H2,1H3. The molecule has 2 aromatic carbocycles. The zero-order chi connectivity index (χ0) is 17.9. The Morgan fingerprint density at radius 1 is 1.00 bits per heavy atom. The van der Waals surface area contributed by atoms with Crippen LogP contribution in [0.5, 0.6) is 5.75 Å². The fraction of sp³-hybridized carbons (Fsp3) is 0.316. The fourth-order valence-corrected chi connectivity index (χ4v) is 4.82. The first-order valence-corrected chi connectivity index (χ1v) is 9.79. The number of piperidine rings is 1. The van der Waals surface area contributed by atoms with E-state index in [1.807, 2.05) is 18.2 Å². The third-order valence-corrected chi connectivity index (χ3v) is 6.86. The highest BCUT2D eigenvalue weighted by Crippen LogP contribution is 2.26. The Hall–Kier alpha value is -2.34. The van der Waals surface area contributed by atoms with Gasteiger partial charge in [-0.05, 0) is 49.2 Å². The van der Waals surface area contributed by atoms with Crippen LogP contribution in [0.15, 0.2) is 59.5 Å². The molecule has 1 saturated heterocycles. The van der Waals surface area contributed by atoms with Crippen LogP contribution in [0.1, 0.15) is 23.2 Å². The maximum Gasteiger partial charge on any atom is 0.253 e. The predicted octanol–water partition coefficient (Wildman–Crippen LogP) is 2.77. The molecule has 0 aromatic heterocycles. The lowest BCUT2D eigenvalue weighted by atomic mass is 10.1. The highest BCUT2D eigenvalue weighted by Gasteiger charge is 2.32. The molecule has 2 aromatic rings. The molecule has 0 aliphatic carbocycles. The Kier molecular flexibility index (Phi) is 5.08. The van der Waals surface area contributed by atoms with Gasteiger partial charge in [0.2, 0.25) is 0 Å². The van der Waals surface area contributed by atoms with Crippen LogP contribution in [0.2, 0.25) is 0 Å². The molecule has 6 heteroatoms. The molecule has 0 atom stereocenters. The van der Waals surface area contributed by atoms with Crippen molar-refractivity contribution < 1.29 is 17.9 Å². The molecule has 0 saturated carbocycles. The zero-order valence-electron chi connectivity index (χ0n) is 14.1. The van der Waals surface area contributed by atoms with Gasteiger partial charge < -0.3 is 9.64 Å². The van der Waals surface area contributed by atoms with Gasteiger partial charge in [-0.2, -0.15) is 0 Å². The molecule has 3 rings (SSSR count). The summed E-state index contributed by atoms with van der Waals surface area (Å²) in [5.74, 6) is 0.586. The number of ether oxygens (including phenoxy) is 1. The number of carbonyl (C=O) groups is 1. The summed E-state index contributed by atoms with van der Waals surface area (Å²) in [6.07, 6.45) is 0.903.